The van der Waals surface area contributed by atoms with Crippen molar-refractivity contribution in [2.45, 2.75) is 31.7 Å². The Bertz CT molecular complexity index is 408. The van der Waals surface area contributed by atoms with Crippen molar-refractivity contribution in [2.24, 2.45) is 5.73 Å². The summed E-state index contributed by atoms with van der Waals surface area (Å²) in [6.07, 6.45) is 0.335. The summed E-state index contributed by atoms with van der Waals surface area (Å²) in [4.78, 5) is 26.4. The lowest BCUT2D eigenvalue weighted by Gasteiger charge is -2.10. The first-order valence-corrected chi connectivity index (χ1v) is 6.49. The molecule has 1 rings (SSSR count). The molecule has 0 aliphatic rings. The quantitative estimate of drug-likeness (QED) is 0.753. The molecule has 1 unspecified atom stereocenters. The number of nitrogens with one attached hydrogen (secondary N) is 1. The molecular formula is C10H14ClN3O2S. The van der Waals surface area contributed by atoms with Crippen LogP contribution in [0.4, 0.5) is 0 Å². The zero-order chi connectivity index (χ0) is 12.8. The molecular weight excluding hydrogens is 262 g/mol. The number of carbonyl (C=O) groups excluding carboxylic acids is 2. The van der Waals surface area contributed by atoms with E-state index in [-0.39, 0.29) is 24.8 Å². The molecule has 0 spiro atoms. The fourth-order valence-corrected chi connectivity index (χ4v) is 2.33. The Kier molecular flexibility index (Phi) is 5.37. The summed E-state index contributed by atoms with van der Waals surface area (Å²) in [7, 11) is 0. The van der Waals surface area contributed by atoms with Gasteiger partial charge in [0.25, 0.3) is 0 Å². The number of aromatic nitrogens is 1. The average molecular weight is 276 g/mol. The van der Waals surface area contributed by atoms with Gasteiger partial charge in [-0.15, -0.1) is 22.9 Å². The topological polar surface area (TPSA) is 85.1 Å². The van der Waals surface area contributed by atoms with Crippen LogP contribution in [0, 0.1) is 0 Å². The molecule has 3 N–H and O–H groups in total. The van der Waals surface area contributed by atoms with Gasteiger partial charge in [-0.2, -0.15) is 0 Å². The van der Waals surface area contributed by atoms with Crippen molar-refractivity contribution in [3.63, 3.8) is 0 Å². The number of amides is 2. The maximum absolute atomic E-state index is 11.6. The van der Waals surface area contributed by atoms with Gasteiger partial charge in [-0.05, 0) is 6.92 Å². The number of halogens is 1. The first kappa shape index (κ1) is 13.9. The van der Waals surface area contributed by atoms with Crippen molar-refractivity contribution in [3.8, 4) is 0 Å². The van der Waals surface area contributed by atoms with Gasteiger partial charge in [0, 0.05) is 17.8 Å². The second kappa shape index (κ2) is 6.56. The van der Waals surface area contributed by atoms with E-state index in [1.54, 1.807) is 6.92 Å². The van der Waals surface area contributed by atoms with E-state index in [1.165, 1.54) is 11.3 Å². The van der Waals surface area contributed by atoms with Gasteiger partial charge in [0.05, 0.1) is 18.0 Å². The van der Waals surface area contributed by atoms with E-state index in [0.717, 1.165) is 5.69 Å². The fourth-order valence-electron chi connectivity index (χ4n) is 1.31. The third-order valence-electron chi connectivity index (χ3n) is 1.96. The van der Waals surface area contributed by atoms with Crippen molar-refractivity contribution in [2.75, 3.05) is 0 Å². The molecule has 0 saturated carbocycles. The van der Waals surface area contributed by atoms with Gasteiger partial charge in [0.15, 0.2) is 0 Å². The number of primary amides is 1. The van der Waals surface area contributed by atoms with Gasteiger partial charge in [0.2, 0.25) is 11.8 Å². The van der Waals surface area contributed by atoms with Crippen LogP contribution in [0.5, 0.6) is 0 Å². The summed E-state index contributed by atoms with van der Waals surface area (Å²) in [5.41, 5.74) is 5.80. The number of hydrogen-bond acceptors (Lipinski definition) is 4. The van der Waals surface area contributed by atoms with E-state index in [9.17, 15) is 9.59 Å². The Balaban J connectivity index is 2.41. The first-order chi connectivity index (χ1) is 8.01. The molecule has 0 saturated heterocycles. The molecule has 1 atom stereocenters. The SMILES string of the molecule is CC(CC(N)=O)NC(=O)Cc1nc(CCl)cs1. The number of alkyl halides is 1. The number of hydrogen-bond donors (Lipinski definition) is 2. The molecule has 7 heteroatoms. The van der Waals surface area contributed by atoms with E-state index < -0.39 is 5.91 Å². The second-order valence-corrected chi connectivity index (χ2v) is 4.89. The molecule has 0 aromatic carbocycles. The molecule has 2 amide bonds. The van der Waals surface area contributed by atoms with Gasteiger partial charge in [-0.3, -0.25) is 9.59 Å². The van der Waals surface area contributed by atoms with Crippen molar-refractivity contribution in [1.82, 2.24) is 10.3 Å². The first-order valence-electron chi connectivity index (χ1n) is 5.08. The predicted molar refractivity (Wildman–Crippen MR) is 66.8 cm³/mol. The van der Waals surface area contributed by atoms with Crippen LogP contribution in [0.2, 0.25) is 0 Å². The standard InChI is InChI=1S/C10H14ClN3O2S/c1-6(2-8(12)15)13-9(16)3-10-14-7(4-11)5-17-10/h5-6H,2-4H2,1H3,(H2,12,15)(H,13,16). The minimum absolute atomic E-state index is 0.135. The van der Waals surface area contributed by atoms with Gasteiger partial charge in [-0.1, -0.05) is 0 Å². The monoisotopic (exact) mass is 275 g/mol. The van der Waals surface area contributed by atoms with E-state index in [0.29, 0.717) is 10.9 Å². The Labute approximate surface area is 108 Å². The van der Waals surface area contributed by atoms with Crippen LogP contribution in [0.1, 0.15) is 24.0 Å². The summed E-state index contributed by atoms with van der Waals surface area (Å²) in [5, 5.41) is 5.22. The molecule has 0 radical (unpaired) electrons. The van der Waals surface area contributed by atoms with Crippen LogP contribution in [0.25, 0.3) is 0 Å². The summed E-state index contributed by atoms with van der Waals surface area (Å²) in [5.74, 6) is -0.262. The van der Waals surface area contributed by atoms with Gasteiger partial charge >= 0.3 is 0 Å². The number of nitrogens with two attached hydrogens (primary N) is 1. The Morgan fingerprint density at radius 3 is 2.88 bits per heavy atom. The summed E-state index contributed by atoms with van der Waals surface area (Å²) in [6.45, 7) is 1.73. The maximum Gasteiger partial charge on any atom is 0.227 e. The van der Waals surface area contributed by atoms with Gasteiger partial charge in [0.1, 0.15) is 5.01 Å². The number of rotatable bonds is 6. The van der Waals surface area contributed by atoms with E-state index in [2.05, 4.69) is 10.3 Å². The molecule has 1 aromatic rings. The molecule has 17 heavy (non-hydrogen) atoms. The number of thiazole rings is 1. The second-order valence-electron chi connectivity index (χ2n) is 3.68. The lowest BCUT2D eigenvalue weighted by molar-refractivity contribution is -0.121. The molecule has 0 aliphatic carbocycles. The predicted octanol–water partition coefficient (Wildman–Crippen LogP) is 0.804. The van der Waals surface area contributed by atoms with Crippen LogP contribution < -0.4 is 11.1 Å². The van der Waals surface area contributed by atoms with Crippen molar-refractivity contribution < 1.29 is 9.59 Å². The highest BCUT2D eigenvalue weighted by Gasteiger charge is 2.12. The van der Waals surface area contributed by atoms with Crippen LogP contribution in [0.3, 0.4) is 0 Å². The Hall–Kier alpha value is -1.14. The van der Waals surface area contributed by atoms with E-state index in [1.807, 2.05) is 5.38 Å². The lowest BCUT2D eigenvalue weighted by atomic mass is 10.2. The zero-order valence-electron chi connectivity index (χ0n) is 9.40. The van der Waals surface area contributed by atoms with Crippen LogP contribution >= 0.6 is 22.9 Å². The molecule has 1 aromatic heterocycles. The summed E-state index contributed by atoms with van der Waals surface area (Å²) in [6, 6.07) is -0.257. The number of nitrogens with zero attached hydrogens (tertiary/aromatic N) is 1. The summed E-state index contributed by atoms with van der Waals surface area (Å²) < 4.78 is 0. The third-order valence-corrected chi connectivity index (χ3v) is 3.13. The van der Waals surface area contributed by atoms with Gasteiger partial charge < -0.3 is 11.1 Å². The lowest BCUT2D eigenvalue weighted by Crippen LogP contribution is -2.36. The third kappa shape index (κ3) is 5.14. The van der Waals surface area contributed by atoms with Crippen LogP contribution in [-0.2, 0) is 21.9 Å². The minimum atomic E-state index is -0.434. The number of carbonyl (C=O) groups is 2. The Morgan fingerprint density at radius 2 is 2.35 bits per heavy atom. The molecule has 94 valence electrons. The molecule has 0 bridgehead atoms. The zero-order valence-corrected chi connectivity index (χ0v) is 11.0. The fraction of sp³-hybridized carbons (Fsp3) is 0.500. The smallest absolute Gasteiger partial charge is 0.227 e. The van der Waals surface area contributed by atoms with Crippen molar-refractivity contribution in [3.05, 3.63) is 16.1 Å². The molecule has 0 fully saturated rings. The minimum Gasteiger partial charge on any atom is -0.370 e. The highest BCUT2D eigenvalue weighted by molar-refractivity contribution is 7.09. The molecule has 5 nitrogen and oxygen atoms in total. The highest BCUT2D eigenvalue weighted by atomic mass is 35.5. The van der Waals surface area contributed by atoms with Crippen molar-refractivity contribution in [1.29, 1.82) is 0 Å². The van der Waals surface area contributed by atoms with E-state index in [4.69, 9.17) is 17.3 Å². The normalized spacial score (nSPS) is 12.1. The van der Waals surface area contributed by atoms with Crippen molar-refractivity contribution >= 4 is 34.8 Å². The van der Waals surface area contributed by atoms with Gasteiger partial charge in [-0.25, -0.2) is 4.98 Å². The largest absolute Gasteiger partial charge is 0.370 e. The van der Waals surface area contributed by atoms with Crippen LogP contribution in [-0.4, -0.2) is 22.8 Å². The summed E-state index contributed by atoms with van der Waals surface area (Å²) >= 11 is 7.01. The van der Waals surface area contributed by atoms with Crippen LogP contribution in [0.15, 0.2) is 5.38 Å². The highest BCUT2D eigenvalue weighted by Crippen LogP contribution is 2.12. The average Bonchev–Trinajstić information content (AvgIpc) is 2.63. The maximum atomic E-state index is 11.6. The molecule has 0 aliphatic heterocycles. The Morgan fingerprint density at radius 1 is 1.65 bits per heavy atom. The molecule has 1 heterocycles. The van der Waals surface area contributed by atoms with E-state index >= 15 is 0 Å².